The van der Waals surface area contributed by atoms with E-state index in [0.29, 0.717) is 0 Å². The Bertz CT molecular complexity index is 276. The first-order valence-electron chi connectivity index (χ1n) is 3.60. The molecule has 6 nitrogen and oxygen atoms in total. The van der Waals surface area contributed by atoms with Crippen molar-refractivity contribution in [3.63, 3.8) is 0 Å². The molecule has 14 heavy (non-hydrogen) atoms. The topological polar surface area (TPSA) is 97.7 Å². The van der Waals surface area contributed by atoms with Gasteiger partial charge in [0.1, 0.15) is 6.10 Å². The largest absolute Gasteiger partial charge is 1.00 e. The Kier molecular flexibility index (Phi) is 8.09. The number of nitrogens with zero attached hydrogens (tertiary/aromatic N) is 1. The minimum absolute atomic E-state index is 0. The van der Waals surface area contributed by atoms with E-state index in [9.17, 15) is 17.8 Å². The number of carbonyl (C=O) groups is 1. The van der Waals surface area contributed by atoms with Gasteiger partial charge in [-0.05, 0) is 6.92 Å². The summed E-state index contributed by atoms with van der Waals surface area (Å²) in [6.07, 6.45) is -1.18. The Labute approximate surface area is 105 Å². The molecular formula is C6H12NNaO5S. The van der Waals surface area contributed by atoms with Gasteiger partial charge in [-0.1, -0.05) is 0 Å². The van der Waals surface area contributed by atoms with Crippen molar-refractivity contribution in [2.75, 3.05) is 19.3 Å². The minimum Gasteiger partial charge on any atom is -0.748 e. The van der Waals surface area contributed by atoms with Crippen molar-refractivity contribution in [1.29, 1.82) is 0 Å². The Morgan fingerprint density at radius 2 is 2.00 bits per heavy atom. The fraction of sp³-hybridized carbons (Fsp3) is 0.833. The number of amides is 1. The predicted octanol–water partition coefficient (Wildman–Crippen LogP) is -4.63. The van der Waals surface area contributed by atoms with Gasteiger partial charge < -0.3 is 14.6 Å². The second-order valence-corrected chi connectivity index (χ2v) is 4.22. The first-order chi connectivity index (χ1) is 5.74. The van der Waals surface area contributed by atoms with Crippen molar-refractivity contribution < 1.29 is 52.4 Å². The molecule has 0 aliphatic rings. The van der Waals surface area contributed by atoms with Gasteiger partial charge in [-0.25, -0.2) is 8.42 Å². The van der Waals surface area contributed by atoms with Gasteiger partial charge in [0.15, 0.2) is 0 Å². The Morgan fingerprint density at radius 3 is 2.29 bits per heavy atom. The SMILES string of the molecule is CC(O)C(=O)N(C)CCS(=O)(=O)[O-].[Na+]. The molecule has 0 aromatic heterocycles. The molecular weight excluding hydrogens is 221 g/mol. The van der Waals surface area contributed by atoms with Crippen molar-refractivity contribution in [3.05, 3.63) is 0 Å². The van der Waals surface area contributed by atoms with Crippen LogP contribution in [-0.2, 0) is 14.9 Å². The first-order valence-corrected chi connectivity index (χ1v) is 5.18. The van der Waals surface area contributed by atoms with Crippen LogP contribution < -0.4 is 29.6 Å². The third kappa shape index (κ3) is 7.72. The van der Waals surface area contributed by atoms with Crippen molar-refractivity contribution in [2.24, 2.45) is 0 Å². The van der Waals surface area contributed by atoms with E-state index >= 15 is 0 Å². The summed E-state index contributed by atoms with van der Waals surface area (Å²) in [5, 5.41) is 8.80. The van der Waals surface area contributed by atoms with Gasteiger partial charge in [-0.2, -0.15) is 0 Å². The molecule has 0 aromatic rings. The average Bonchev–Trinajstić information content (AvgIpc) is 1.97. The van der Waals surface area contributed by atoms with Gasteiger partial charge in [0, 0.05) is 13.6 Å². The number of rotatable bonds is 4. The molecule has 0 aliphatic heterocycles. The predicted molar refractivity (Wildman–Crippen MR) is 43.9 cm³/mol. The van der Waals surface area contributed by atoms with Crippen LogP contribution in [0.5, 0.6) is 0 Å². The van der Waals surface area contributed by atoms with E-state index in [4.69, 9.17) is 5.11 Å². The molecule has 0 saturated heterocycles. The number of hydrogen-bond acceptors (Lipinski definition) is 5. The zero-order valence-corrected chi connectivity index (χ0v) is 11.2. The molecule has 1 amide bonds. The van der Waals surface area contributed by atoms with Crippen molar-refractivity contribution >= 4 is 16.0 Å². The number of likely N-dealkylation sites (N-methyl/N-ethyl adjacent to an activating group) is 1. The van der Waals surface area contributed by atoms with Crippen LogP contribution in [0.15, 0.2) is 0 Å². The summed E-state index contributed by atoms with van der Waals surface area (Å²) in [5.74, 6) is -1.24. The number of aliphatic hydroxyl groups is 1. The molecule has 0 saturated carbocycles. The second kappa shape index (κ2) is 6.76. The quantitative estimate of drug-likeness (QED) is 0.389. The molecule has 1 N–H and O–H groups in total. The van der Waals surface area contributed by atoms with Crippen LogP contribution >= 0.6 is 0 Å². The van der Waals surface area contributed by atoms with Crippen molar-refractivity contribution in [1.82, 2.24) is 4.90 Å². The molecule has 0 radical (unpaired) electrons. The summed E-state index contributed by atoms with van der Waals surface area (Å²) in [6.45, 7) is 1.07. The fourth-order valence-electron chi connectivity index (χ4n) is 0.678. The van der Waals surface area contributed by atoms with Gasteiger partial charge in [-0.15, -0.1) is 0 Å². The third-order valence-corrected chi connectivity index (χ3v) is 2.09. The third-order valence-electron chi connectivity index (χ3n) is 1.41. The Balaban J connectivity index is 0. The van der Waals surface area contributed by atoms with E-state index in [1.165, 1.54) is 14.0 Å². The number of hydrogen-bond donors (Lipinski definition) is 1. The average molecular weight is 233 g/mol. The standard InChI is InChI=1S/C6H13NO5S.Na/c1-5(8)6(9)7(2)3-4-13(10,11)12;/h5,8H,3-4H2,1-2H3,(H,10,11,12);/q;+1/p-1. The van der Waals surface area contributed by atoms with Gasteiger partial charge in [0.2, 0.25) is 0 Å². The molecule has 0 heterocycles. The molecule has 0 aliphatic carbocycles. The van der Waals surface area contributed by atoms with Crippen LogP contribution in [0.1, 0.15) is 6.92 Å². The summed E-state index contributed by atoms with van der Waals surface area (Å²) in [4.78, 5) is 11.9. The van der Waals surface area contributed by atoms with Crippen LogP contribution in [0, 0.1) is 0 Å². The molecule has 0 spiro atoms. The molecule has 1 atom stereocenters. The maximum atomic E-state index is 10.9. The van der Waals surface area contributed by atoms with Crippen LogP contribution in [0.4, 0.5) is 0 Å². The summed E-state index contributed by atoms with van der Waals surface area (Å²) in [6, 6.07) is 0. The molecule has 0 rings (SSSR count). The van der Waals surface area contributed by atoms with Gasteiger partial charge in [-0.3, -0.25) is 4.79 Å². The summed E-state index contributed by atoms with van der Waals surface area (Å²) < 4.78 is 30.5. The number of aliphatic hydroxyl groups excluding tert-OH is 1. The molecule has 1 unspecified atom stereocenters. The van der Waals surface area contributed by atoms with Gasteiger partial charge in [0.05, 0.1) is 15.9 Å². The fourth-order valence-corrected chi connectivity index (χ4v) is 1.18. The normalized spacial score (nSPS) is 12.9. The maximum Gasteiger partial charge on any atom is 1.00 e. The maximum absolute atomic E-state index is 10.9. The van der Waals surface area contributed by atoms with E-state index in [1.54, 1.807) is 0 Å². The minimum atomic E-state index is -4.30. The first kappa shape index (κ1) is 16.8. The van der Waals surface area contributed by atoms with E-state index < -0.39 is 27.9 Å². The van der Waals surface area contributed by atoms with E-state index in [0.717, 1.165) is 4.90 Å². The molecule has 8 heteroatoms. The molecule has 78 valence electrons. The Morgan fingerprint density at radius 1 is 1.57 bits per heavy atom. The van der Waals surface area contributed by atoms with E-state index in [2.05, 4.69) is 0 Å². The Hall–Kier alpha value is 0.340. The summed E-state index contributed by atoms with van der Waals surface area (Å²) in [7, 11) is -2.98. The smallest absolute Gasteiger partial charge is 0.748 e. The van der Waals surface area contributed by atoms with Crippen molar-refractivity contribution in [3.8, 4) is 0 Å². The van der Waals surface area contributed by atoms with E-state index in [1.807, 2.05) is 0 Å². The van der Waals surface area contributed by atoms with Gasteiger partial charge >= 0.3 is 29.6 Å². The van der Waals surface area contributed by atoms with Crippen LogP contribution in [0.25, 0.3) is 0 Å². The van der Waals surface area contributed by atoms with Crippen molar-refractivity contribution in [2.45, 2.75) is 13.0 Å². The molecule has 0 aromatic carbocycles. The summed E-state index contributed by atoms with van der Waals surface area (Å²) in [5.41, 5.74) is 0. The molecule has 0 bridgehead atoms. The van der Waals surface area contributed by atoms with Crippen LogP contribution in [0.3, 0.4) is 0 Å². The zero-order chi connectivity index (χ0) is 10.6. The number of carbonyl (C=O) groups excluding carboxylic acids is 1. The monoisotopic (exact) mass is 233 g/mol. The zero-order valence-electron chi connectivity index (χ0n) is 8.43. The molecule has 0 fully saturated rings. The van der Waals surface area contributed by atoms with Gasteiger partial charge in [0.25, 0.3) is 5.91 Å². The van der Waals surface area contributed by atoms with Crippen LogP contribution in [0.2, 0.25) is 0 Å². The second-order valence-electron chi connectivity index (χ2n) is 2.70. The van der Waals surface area contributed by atoms with E-state index in [-0.39, 0.29) is 36.1 Å². The summed E-state index contributed by atoms with van der Waals surface area (Å²) >= 11 is 0. The van der Waals surface area contributed by atoms with Crippen LogP contribution in [-0.4, -0.2) is 54.3 Å².